The fraction of sp³-hybridized carbons (Fsp3) is 0. The van der Waals surface area contributed by atoms with Crippen molar-refractivity contribution in [3.05, 3.63) is 33.8 Å². The molecule has 3 rings (SSSR count). The number of halogens is 3. The summed E-state index contributed by atoms with van der Waals surface area (Å²) >= 11 is 9.04. The first-order valence-electron chi connectivity index (χ1n) is 5.18. The van der Waals surface area contributed by atoms with Crippen LogP contribution in [-0.4, -0.2) is 19.9 Å². The fourth-order valence-electron chi connectivity index (χ4n) is 1.75. The summed E-state index contributed by atoms with van der Waals surface area (Å²) in [6.07, 6.45) is 1.45. The molecule has 19 heavy (non-hydrogen) atoms. The molecule has 0 aliphatic carbocycles. The van der Waals surface area contributed by atoms with Crippen LogP contribution in [0.15, 0.2) is 22.9 Å². The summed E-state index contributed by atoms with van der Waals surface area (Å²) in [5.41, 5.74) is 7.04. The lowest BCUT2D eigenvalue weighted by Crippen LogP contribution is -1.99. The molecule has 0 saturated heterocycles. The average Bonchev–Trinajstić information content (AvgIpc) is 2.83. The molecule has 8 heteroatoms. The monoisotopic (exact) mass is 341 g/mol. The maximum atomic E-state index is 14.2. The van der Waals surface area contributed by atoms with Crippen molar-refractivity contribution >= 4 is 44.6 Å². The Morgan fingerprint density at radius 3 is 2.89 bits per heavy atom. The molecule has 3 aromatic rings. The summed E-state index contributed by atoms with van der Waals surface area (Å²) in [6.45, 7) is 0. The molecule has 3 N–H and O–H groups in total. The van der Waals surface area contributed by atoms with Gasteiger partial charge in [-0.15, -0.1) is 0 Å². The van der Waals surface area contributed by atoms with Crippen molar-refractivity contribution in [2.45, 2.75) is 0 Å². The molecule has 0 spiro atoms. The Kier molecular flexibility index (Phi) is 2.87. The maximum absolute atomic E-state index is 14.2. The van der Waals surface area contributed by atoms with Crippen molar-refractivity contribution in [2.24, 2.45) is 0 Å². The summed E-state index contributed by atoms with van der Waals surface area (Å²) in [5.74, 6) is -0.557. The average molecular weight is 343 g/mol. The number of aromatic nitrogens is 4. The minimum absolute atomic E-state index is 0.0117. The van der Waals surface area contributed by atoms with Gasteiger partial charge in [-0.05, 0) is 28.1 Å². The summed E-state index contributed by atoms with van der Waals surface area (Å²) in [4.78, 5) is 14.9. The topological polar surface area (TPSA) is 80.5 Å². The molecule has 0 amide bonds. The predicted octanol–water partition coefficient (Wildman–Crippen LogP) is 3.16. The number of anilines is 1. The maximum Gasteiger partial charge on any atom is 0.222 e. The third-order valence-electron chi connectivity index (χ3n) is 2.59. The van der Waals surface area contributed by atoms with Crippen molar-refractivity contribution in [1.82, 2.24) is 19.9 Å². The first-order chi connectivity index (χ1) is 9.08. The third kappa shape index (κ3) is 1.95. The van der Waals surface area contributed by atoms with Gasteiger partial charge in [0.05, 0.1) is 11.3 Å². The highest BCUT2D eigenvalue weighted by Gasteiger charge is 2.17. The summed E-state index contributed by atoms with van der Waals surface area (Å²) in [7, 11) is 0. The van der Waals surface area contributed by atoms with E-state index in [4.69, 9.17) is 17.3 Å². The van der Waals surface area contributed by atoms with E-state index >= 15 is 0 Å². The minimum atomic E-state index is -0.579. The minimum Gasteiger partial charge on any atom is -0.368 e. The highest BCUT2D eigenvalue weighted by molar-refractivity contribution is 9.10. The van der Waals surface area contributed by atoms with Gasteiger partial charge in [-0.3, -0.25) is 0 Å². The van der Waals surface area contributed by atoms with Crippen LogP contribution < -0.4 is 5.73 Å². The first-order valence-corrected chi connectivity index (χ1v) is 6.35. The molecule has 0 aliphatic rings. The molecule has 0 unspecified atom stereocenters. The van der Waals surface area contributed by atoms with E-state index in [-0.39, 0.29) is 16.5 Å². The molecule has 5 nitrogen and oxygen atoms in total. The summed E-state index contributed by atoms with van der Waals surface area (Å²) in [6, 6.07) is 3.20. The zero-order valence-electron chi connectivity index (χ0n) is 9.28. The number of nitrogen functional groups attached to an aromatic ring is 1. The Labute approximate surface area is 120 Å². The van der Waals surface area contributed by atoms with Gasteiger partial charge in [-0.2, -0.15) is 4.98 Å². The summed E-state index contributed by atoms with van der Waals surface area (Å²) < 4.78 is 14.7. The van der Waals surface area contributed by atoms with Crippen LogP contribution >= 0.6 is 27.5 Å². The van der Waals surface area contributed by atoms with Gasteiger partial charge < -0.3 is 10.7 Å². The van der Waals surface area contributed by atoms with Gasteiger partial charge in [-0.25, -0.2) is 14.4 Å². The first kappa shape index (κ1) is 12.3. The van der Waals surface area contributed by atoms with E-state index in [1.165, 1.54) is 6.33 Å². The Balaban J connectivity index is 2.36. The molecule has 1 aromatic carbocycles. The van der Waals surface area contributed by atoms with Gasteiger partial charge in [0.2, 0.25) is 5.95 Å². The second kappa shape index (κ2) is 4.43. The van der Waals surface area contributed by atoms with Gasteiger partial charge in [-0.1, -0.05) is 11.6 Å². The van der Waals surface area contributed by atoms with Gasteiger partial charge >= 0.3 is 0 Å². The zero-order chi connectivity index (χ0) is 13.6. The van der Waals surface area contributed by atoms with E-state index in [1.54, 1.807) is 12.1 Å². The third-order valence-corrected chi connectivity index (χ3v) is 3.85. The van der Waals surface area contributed by atoms with Crippen LogP contribution in [0.5, 0.6) is 0 Å². The van der Waals surface area contributed by atoms with Crippen LogP contribution in [0, 0.1) is 5.82 Å². The van der Waals surface area contributed by atoms with Crippen molar-refractivity contribution in [2.75, 3.05) is 5.73 Å². The van der Waals surface area contributed by atoms with Crippen LogP contribution in [-0.2, 0) is 0 Å². The number of imidazole rings is 1. The molecule has 0 fully saturated rings. The Bertz CT molecular complexity index is 788. The number of nitrogens with two attached hydrogens (primary N) is 1. The van der Waals surface area contributed by atoms with Crippen molar-refractivity contribution in [1.29, 1.82) is 0 Å². The quantitative estimate of drug-likeness (QED) is 0.666. The number of aromatic amines is 1. The van der Waals surface area contributed by atoms with Crippen LogP contribution in [0.2, 0.25) is 5.02 Å². The lowest BCUT2D eigenvalue weighted by molar-refractivity contribution is 0.630. The number of H-pyrrole nitrogens is 1. The molecule has 2 aromatic heterocycles. The fourth-order valence-corrected chi connectivity index (χ4v) is 2.22. The normalized spacial score (nSPS) is 11.1. The largest absolute Gasteiger partial charge is 0.368 e. The van der Waals surface area contributed by atoms with E-state index in [0.29, 0.717) is 21.3 Å². The second-order valence-corrected chi connectivity index (χ2v) is 4.99. The number of nitrogens with zero attached hydrogens (tertiary/aromatic N) is 3. The van der Waals surface area contributed by atoms with Crippen LogP contribution in [0.4, 0.5) is 10.3 Å². The number of nitrogens with one attached hydrogen (secondary N) is 1. The smallest absolute Gasteiger partial charge is 0.222 e. The highest BCUT2D eigenvalue weighted by Crippen LogP contribution is 2.34. The Morgan fingerprint density at radius 2 is 2.11 bits per heavy atom. The molecule has 0 aliphatic heterocycles. The van der Waals surface area contributed by atoms with E-state index in [1.807, 2.05) is 0 Å². The van der Waals surface area contributed by atoms with Gasteiger partial charge in [0.15, 0.2) is 11.5 Å². The molecule has 0 bridgehead atoms. The number of hydrogen-bond acceptors (Lipinski definition) is 4. The van der Waals surface area contributed by atoms with E-state index in [0.717, 1.165) is 0 Å². The lowest BCUT2D eigenvalue weighted by Gasteiger charge is -2.07. The molecular formula is C11H6BrClFN5. The predicted molar refractivity (Wildman–Crippen MR) is 74.2 cm³/mol. The number of rotatable bonds is 1. The molecule has 96 valence electrons. The Morgan fingerprint density at radius 1 is 1.32 bits per heavy atom. The molecule has 0 radical (unpaired) electrons. The SMILES string of the molecule is Nc1nc(-c2ccc(Br)c(Cl)c2F)c2[nH]cnc2n1. The van der Waals surface area contributed by atoms with Gasteiger partial charge in [0.1, 0.15) is 11.2 Å². The van der Waals surface area contributed by atoms with E-state index in [9.17, 15) is 4.39 Å². The molecule has 0 atom stereocenters. The van der Waals surface area contributed by atoms with E-state index in [2.05, 4.69) is 35.9 Å². The second-order valence-electron chi connectivity index (χ2n) is 3.75. The number of fused-ring (bicyclic) bond motifs is 1. The standard InChI is InChI=1S/C11H6BrClFN5/c12-5-2-1-4(7(14)6(5)13)8-9-10(17-3-16-9)19-11(15)18-8/h1-3H,(H3,15,16,17,18,19). The lowest BCUT2D eigenvalue weighted by atomic mass is 10.1. The van der Waals surface area contributed by atoms with Crippen molar-refractivity contribution in [3.63, 3.8) is 0 Å². The molecule has 2 heterocycles. The van der Waals surface area contributed by atoms with E-state index < -0.39 is 5.82 Å². The molecular weight excluding hydrogens is 337 g/mol. The highest BCUT2D eigenvalue weighted by atomic mass is 79.9. The van der Waals surface area contributed by atoms with Gasteiger partial charge in [0.25, 0.3) is 0 Å². The van der Waals surface area contributed by atoms with Crippen LogP contribution in [0.3, 0.4) is 0 Å². The van der Waals surface area contributed by atoms with Crippen LogP contribution in [0.25, 0.3) is 22.4 Å². The summed E-state index contributed by atoms with van der Waals surface area (Å²) in [5, 5.41) is -0.0117. The Hall–Kier alpha value is -1.73. The zero-order valence-corrected chi connectivity index (χ0v) is 11.6. The van der Waals surface area contributed by atoms with Gasteiger partial charge in [0, 0.05) is 10.0 Å². The van der Waals surface area contributed by atoms with Crippen LogP contribution in [0.1, 0.15) is 0 Å². The molecule has 0 saturated carbocycles. The van der Waals surface area contributed by atoms with Crippen molar-refractivity contribution in [3.8, 4) is 11.3 Å². The number of benzene rings is 1. The number of hydrogen-bond donors (Lipinski definition) is 2. The van der Waals surface area contributed by atoms with Crippen molar-refractivity contribution < 1.29 is 4.39 Å².